The van der Waals surface area contributed by atoms with Crippen molar-refractivity contribution in [1.82, 2.24) is 15.2 Å². The Morgan fingerprint density at radius 3 is 2.82 bits per heavy atom. The Kier molecular flexibility index (Phi) is 3.60. The van der Waals surface area contributed by atoms with Gasteiger partial charge in [0.25, 0.3) is 0 Å². The molecule has 4 rings (SSSR count). The van der Waals surface area contributed by atoms with Crippen LogP contribution in [0.1, 0.15) is 32.1 Å². The van der Waals surface area contributed by atoms with Crippen LogP contribution in [-0.2, 0) is 11.3 Å². The summed E-state index contributed by atoms with van der Waals surface area (Å²) in [7, 11) is 0. The minimum atomic E-state index is -0.0196. The Morgan fingerprint density at radius 2 is 2.05 bits per heavy atom. The molecule has 3 atom stereocenters. The summed E-state index contributed by atoms with van der Waals surface area (Å²) in [5, 5.41) is 6.26. The molecular weight excluding hydrogens is 278 g/mol. The Labute approximate surface area is 131 Å². The van der Waals surface area contributed by atoms with Crippen molar-refractivity contribution >= 4 is 6.03 Å². The number of urea groups is 1. The summed E-state index contributed by atoms with van der Waals surface area (Å²) in [5.74, 6) is 0.535. The predicted octanol–water partition coefficient (Wildman–Crippen LogP) is 2.13. The number of hydrogen-bond donors (Lipinski definition) is 2. The molecule has 3 aliphatic rings. The van der Waals surface area contributed by atoms with Crippen LogP contribution in [0.4, 0.5) is 4.79 Å². The van der Waals surface area contributed by atoms with Gasteiger partial charge in [-0.15, -0.1) is 0 Å². The van der Waals surface area contributed by atoms with Gasteiger partial charge in [-0.05, 0) is 31.4 Å². The third-order valence-corrected chi connectivity index (χ3v) is 5.89. The second kappa shape index (κ2) is 5.61. The first-order valence-electron chi connectivity index (χ1n) is 8.56. The molecule has 0 aromatic carbocycles. The summed E-state index contributed by atoms with van der Waals surface area (Å²) >= 11 is 0. The zero-order valence-electron chi connectivity index (χ0n) is 13.0. The van der Waals surface area contributed by atoms with Crippen LogP contribution in [0.3, 0.4) is 0 Å². The van der Waals surface area contributed by atoms with Crippen molar-refractivity contribution in [2.45, 2.75) is 50.8 Å². The topological polar surface area (TPSA) is 55.3 Å². The second-order valence-electron chi connectivity index (χ2n) is 6.98. The molecule has 0 bridgehead atoms. The van der Waals surface area contributed by atoms with Gasteiger partial charge in [0.05, 0.1) is 6.10 Å². The van der Waals surface area contributed by atoms with E-state index in [1.165, 1.54) is 25.7 Å². The third kappa shape index (κ3) is 2.22. The first-order valence-corrected chi connectivity index (χ1v) is 8.56. The SMILES string of the molecule is O=C(NCCn1cccc1)N[C@@H]1[C@@H]2CCO[C@H]2C12CCCC2. The van der Waals surface area contributed by atoms with Crippen LogP contribution < -0.4 is 10.6 Å². The van der Waals surface area contributed by atoms with Gasteiger partial charge in [-0.2, -0.15) is 0 Å². The Morgan fingerprint density at radius 1 is 1.27 bits per heavy atom. The maximum atomic E-state index is 12.2. The number of amides is 2. The van der Waals surface area contributed by atoms with E-state index in [9.17, 15) is 4.79 Å². The minimum absolute atomic E-state index is 0.0196. The first-order chi connectivity index (χ1) is 10.8. The van der Waals surface area contributed by atoms with Crippen molar-refractivity contribution in [1.29, 1.82) is 0 Å². The fourth-order valence-corrected chi connectivity index (χ4v) is 4.91. The highest BCUT2D eigenvalue weighted by Gasteiger charge is 2.65. The standard InChI is InChI=1S/C17H25N3O2/c21-16(18-8-11-20-9-3-4-10-20)19-14-13-5-12-22-15(13)17(14)6-1-2-7-17/h3-4,9-10,13-15H,1-2,5-8,11-12H2,(H2,18,19,21)/t13-,14+,15+/m0/s1. The lowest BCUT2D eigenvalue weighted by Gasteiger charge is -2.56. The Hall–Kier alpha value is -1.49. The van der Waals surface area contributed by atoms with Crippen LogP contribution in [0.5, 0.6) is 0 Å². The molecule has 1 aromatic heterocycles. The van der Waals surface area contributed by atoms with E-state index in [2.05, 4.69) is 15.2 Å². The van der Waals surface area contributed by atoms with E-state index in [0.29, 0.717) is 24.6 Å². The van der Waals surface area contributed by atoms with Crippen LogP contribution in [0, 0.1) is 11.3 Å². The third-order valence-electron chi connectivity index (χ3n) is 5.89. The van der Waals surface area contributed by atoms with Gasteiger partial charge in [-0.3, -0.25) is 0 Å². The van der Waals surface area contributed by atoms with Gasteiger partial charge in [0.2, 0.25) is 0 Å². The van der Waals surface area contributed by atoms with E-state index in [1.807, 2.05) is 24.5 Å². The second-order valence-corrected chi connectivity index (χ2v) is 6.98. The molecule has 2 saturated carbocycles. The number of carbonyl (C=O) groups excluding carboxylic acids is 1. The summed E-state index contributed by atoms with van der Waals surface area (Å²) in [5.41, 5.74) is 0.235. The maximum Gasteiger partial charge on any atom is 0.315 e. The highest BCUT2D eigenvalue weighted by molar-refractivity contribution is 5.74. The molecule has 5 heteroatoms. The van der Waals surface area contributed by atoms with Crippen molar-refractivity contribution in [2.75, 3.05) is 13.2 Å². The lowest BCUT2D eigenvalue weighted by Crippen LogP contribution is -2.69. The molecular formula is C17H25N3O2. The Balaban J connectivity index is 1.31. The molecule has 2 heterocycles. The molecule has 1 aromatic rings. The zero-order chi connectivity index (χ0) is 15.0. The number of fused-ring (bicyclic) bond motifs is 2. The number of nitrogens with one attached hydrogen (secondary N) is 2. The highest BCUT2D eigenvalue weighted by Crippen LogP contribution is 2.60. The molecule has 120 valence electrons. The molecule has 1 saturated heterocycles. The number of aromatic nitrogens is 1. The lowest BCUT2D eigenvalue weighted by atomic mass is 9.54. The van der Waals surface area contributed by atoms with Crippen LogP contribution in [-0.4, -0.2) is 35.9 Å². The number of ether oxygens (including phenoxy) is 1. The molecule has 22 heavy (non-hydrogen) atoms. The number of nitrogens with zero attached hydrogens (tertiary/aromatic N) is 1. The van der Waals surface area contributed by atoms with Crippen molar-refractivity contribution in [2.24, 2.45) is 11.3 Å². The molecule has 3 fully saturated rings. The molecule has 5 nitrogen and oxygen atoms in total. The van der Waals surface area contributed by atoms with Crippen LogP contribution >= 0.6 is 0 Å². The average molecular weight is 303 g/mol. The monoisotopic (exact) mass is 303 g/mol. The fourth-order valence-electron chi connectivity index (χ4n) is 4.91. The van der Waals surface area contributed by atoms with Gasteiger partial charge in [-0.1, -0.05) is 12.8 Å². The highest BCUT2D eigenvalue weighted by atomic mass is 16.5. The van der Waals surface area contributed by atoms with Crippen molar-refractivity contribution in [3.8, 4) is 0 Å². The van der Waals surface area contributed by atoms with Crippen molar-refractivity contribution < 1.29 is 9.53 Å². The summed E-state index contributed by atoms with van der Waals surface area (Å²) in [4.78, 5) is 12.2. The summed E-state index contributed by atoms with van der Waals surface area (Å²) in [6.07, 6.45) is 10.5. The molecule has 2 aliphatic carbocycles. The van der Waals surface area contributed by atoms with E-state index in [-0.39, 0.29) is 11.4 Å². The van der Waals surface area contributed by atoms with E-state index >= 15 is 0 Å². The van der Waals surface area contributed by atoms with Crippen molar-refractivity contribution in [3.63, 3.8) is 0 Å². The lowest BCUT2D eigenvalue weighted by molar-refractivity contribution is -0.126. The molecule has 1 spiro atoms. The summed E-state index contributed by atoms with van der Waals surface area (Å²) in [6, 6.07) is 4.29. The average Bonchev–Trinajstić information content (AvgIpc) is 3.24. The number of hydrogen-bond acceptors (Lipinski definition) is 2. The van der Waals surface area contributed by atoms with E-state index in [1.54, 1.807) is 0 Å². The molecule has 0 radical (unpaired) electrons. The van der Waals surface area contributed by atoms with Gasteiger partial charge >= 0.3 is 6.03 Å². The summed E-state index contributed by atoms with van der Waals surface area (Å²) in [6.45, 7) is 2.33. The fraction of sp³-hybridized carbons (Fsp3) is 0.706. The number of carbonyl (C=O) groups is 1. The molecule has 2 N–H and O–H groups in total. The summed E-state index contributed by atoms with van der Waals surface area (Å²) < 4.78 is 8.03. The van der Waals surface area contributed by atoms with E-state index < -0.39 is 0 Å². The maximum absolute atomic E-state index is 12.2. The largest absolute Gasteiger partial charge is 0.377 e. The van der Waals surface area contributed by atoms with Crippen LogP contribution in [0.15, 0.2) is 24.5 Å². The normalized spacial score (nSPS) is 31.7. The quantitative estimate of drug-likeness (QED) is 0.895. The Bertz CT molecular complexity index is 522. The zero-order valence-corrected chi connectivity index (χ0v) is 13.0. The first kappa shape index (κ1) is 14.1. The van der Waals surface area contributed by atoms with Gasteiger partial charge in [0, 0.05) is 49.5 Å². The van der Waals surface area contributed by atoms with Gasteiger partial charge in [0.15, 0.2) is 0 Å². The smallest absolute Gasteiger partial charge is 0.315 e. The van der Waals surface area contributed by atoms with Gasteiger partial charge in [0.1, 0.15) is 0 Å². The minimum Gasteiger partial charge on any atom is -0.377 e. The van der Waals surface area contributed by atoms with Crippen molar-refractivity contribution in [3.05, 3.63) is 24.5 Å². The van der Waals surface area contributed by atoms with Crippen LogP contribution in [0.25, 0.3) is 0 Å². The molecule has 1 aliphatic heterocycles. The molecule has 0 unspecified atom stereocenters. The molecule has 2 amide bonds. The van der Waals surface area contributed by atoms with Gasteiger partial charge < -0.3 is 19.9 Å². The number of rotatable bonds is 4. The predicted molar refractivity (Wildman–Crippen MR) is 83.5 cm³/mol. The van der Waals surface area contributed by atoms with Crippen LogP contribution in [0.2, 0.25) is 0 Å². The van der Waals surface area contributed by atoms with E-state index in [0.717, 1.165) is 19.6 Å². The van der Waals surface area contributed by atoms with E-state index in [4.69, 9.17) is 4.74 Å². The van der Waals surface area contributed by atoms with Gasteiger partial charge in [-0.25, -0.2) is 4.79 Å².